The average molecular weight is 331 g/mol. The van der Waals surface area contributed by atoms with E-state index in [1.54, 1.807) is 0 Å². The molecule has 0 aromatic carbocycles. The lowest BCUT2D eigenvalue weighted by molar-refractivity contribution is -0.146. The van der Waals surface area contributed by atoms with Gasteiger partial charge < -0.3 is 9.64 Å². The van der Waals surface area contributed by atoms with Crippen LogP contribution in [0, 0.1) is 0 Å². The second kappa shape index (κ2) is 6.53. The van der Waals surface area contributed by atoms with Gasteiger partial charge in [-0.25, -0.2) is 4.98 Å². The monoisotopic (exact) mass is 331 g/mol. The molecule has 5 nitrogen and oxygen atoms in total. The third-order valence-electron chi connectivity index (χ3n) is 4.78. The summed E-state index contributed by atoms with van der Waals surface area (Å²) in [7, 11) is 0. The zero-order chi connectivity index (χ0) is 15.6. The van der Waals surface area contributed by atoms with Gasteiger partial charge in [-0.05, 0) is 25.0 Å². The van der Waals surface area contributed by atoms with Crippen molar-refractivity contribution in [1.82, 2.24) is 14.3 Å². The van der Waals surface area contributed by atoms with Crippen LogP contribution >= 0.6 is 11.8 Å². The van der Waals surface area contributed by atoms with Crippen LogP contribution in [0.25, 0.3) is 5.52 Å². The summed E-state index contributed by atoms with van der Waals surface area (Å²) < 4.78 is 7.88. The molecule has 1 saturated heterocycles. The number of amides is 1. The molecule has 6 heteroatoms. The van der Waals surface area contributed by atoms with Crippen molar-refractivity contribution in [2.75, 3.05) is 18.9 Å². The van der Waals surface area contributed by atoms with Gasteiger partial charge in [0.25, 0.3) is 0 Å². The number of aromatic nitrogens is 2. The number of ether oxygens (including phenoxy) is 1. The van der Waals surface area contributed by atoms with Crippen molar-refractivity contribution in [2.24, 2.45) is 0 Å². The number of carbonyl (C=O) groups excluding carboxylic acids is 1. The molecule has 3 heterocycles. The molecule has 0 N–H and O–H groups in total. The normalized spacial score (nSPS) is 24.6. The van der Waals surface area contributed by atoms with Gasteiger partial charge in [0, 0.05) is 12.7 Å². The highest BCUT2D eigenvalue weighted by Gasteiger charge is 2.36. The summed E-state index contributed by atoms with van der Waals surface area (Å²) in [5.41, 5.74) is 1.06. The predicted octanol–water partition coefficient (Wildman–Crippen LogP) is 2.60. The van der Waals surface area contributed by atoms with Crippen LogP contribution in [0.2, 0.25) is 0 Å². The molecule has 2 aromatic rings. The lowest BCUT2D eigenvalue weighted by atomic mass is 9.90. The third kappa shape index (κ3) is 2.97. The van der Waals surface area contributed by atoms with Crippen molar-refractivity contribution in [1.29, 1.82) is 0 Å². The van der Waals surface area contributed by atoms with E-state index in [1.165, 1.54) is 24.6 Å². The van der Waals surface area contributed by atoms with Crippen LogP contribution in [0.15, 0.2) is 35.7 Å². The molecule has 0 bridgehead atoms. The van der Waals surface area contributed by atoms with Crippen LogP contribution < -0.4 is 0 Å². The fraction of sp³-hybridized carbons (Fsp3) is 0.529. The predicted molar refractivity (Wildman–Crippen MR) is 89.6 cm³/mol. The number of pyridine rings is 1. The van der Waals surface area contributed by atoms with Crippen molar-refractivity contribution in [3.05, 3.63) is 30.6 Å². The smallest absolute Gasteiger partial charge is 0.233 e. The van der Waals surface area contributed by atoms with Crippen LogP contribution in [-0.4, -0.2) is 51.2 Å². The highest BCUT2D eigenvalue weighted by Crippen LogP contribution is 2.29. The zero-order valence-corrected chi connectivity index (χ0v) is 13.9. The van der Waals surface area contributed by atoms with Crippen LogP contribution in [0.5, 0.6) is 0 Å². The van der Waals surface area contributed by atoms with Gasteiger partial charge in [0.2, 0.25) is 5.91 Å². The number of hydrogen-bond acceptors (Lipinski definition) is 4. The minimum Gasteiger partial charge on any atom is -0.374 e. The summed E-state index contributed by atoms with van der Waals surface area (Å²) in [6.45, 7) is 1.40. The van der Waals surface area contributed by atoms with Crippen LogP contribution in [0.1, 0.15) is 25.7 Å². The maximum absolute atomic E-state index is 12.7. The van der Waals surface area contributed by atoms with Crippen molar-refractivity contribution in [2.45, 2.75) is 43.0 Å². The molecule has 2 aromatic heterocycles. The maximum atomic E-state index is 12.7. The summed E-state index contributed by atoms with van der Waals surface area (Å²) in [5, 5.41) is 0.877. The molecule has 2 aliphatic rings. The van der Waals surface area contributed by atoms with E-state index in [4.69, 9.17) is 4.74 Å². The SMILES string of the molecule is O=C(CSc1ncc2ccccn12)N1CCO[C@@H]2CCCC[C@H]21. The van der Waals surface area contributed by atoms with E-state index in [0.29, 0.717) is 12.4 Å². The third-order valence-corrected chi connectivity index (χ3v) is 5.73. The molecule has 1 aliphatic heterocycles. The van der Waals surface area contributed by atoms with Crippen molar-refractivity contribution < 1.29 is 9.53 Å². The fourth-order valence-electron chi connectivity index (χ4n) is 3.64. The minimum atomic E-state index is 0.211. The summed E-state index contributed by atoms with van der Waals surface area (Å²) >= 11 is 1.52. The molecule has 1 amide bonds. The van der Waals surface area contributed by atoms with Crippen molar-refractivity contribution in [3.8, 4) is 0 Å². The summed E-state index contributed by atoms with van der Waals surface area (Å²) in [6.07, 6.45) is 8.67. The van der Waals surface area contributed by atoms with Gasteiger partial charge in [0.15, 0.2) is 5.16 Å². The van der Waals surface area contributed by atoms with Gasteiger partial charge in [-0.1, -0.05) is 30.7 Å². The first-order chi connectivity index (χ1) is 11.3. The molecular formula is C17H21N3O2S. The number of morpholine rings is 1. The largest absolute Gasteiger partial charge is 0.374 e. The van der Waals surface area contributed by atoms with Crippen LogP contribution in [0.4, 0.5) is 0 Å². The van der Waals surface area contributed by atoms with Gasteiger partial charge in [-0.2, -0.15) is 0 Å². The number of nitrogens with zero attached hydrogens (tertiary/aromatic N) is 3. The molecule has 23 heavy (non-hydrogen) atoms. The highest BCUT2D eigenvalue weighted by atomic mass is 32.2. The van der Waals surface area contributed by atoms with Gasteiger partial charge >= 0.3 is 0 Å². The minimum absolute atomic E-state index is 0.211. The first-order valence-electron chi connectivity index (χ1n) is 8.29. The topological polar surface area (TPSA) is 46.8 Å². The Morgan fingerprint density at radius 3 is 3.22 bits per heavy atom. The van der Waals surface area contributed by atoms with Crippen molar-refractivity contribution >= 4 is 23.2 Å². The maximum Gasteiger partial charge on any atom is 0.233 e. The summed E-state index contributed by atoms with van der Waals surface area (Å²) in [6, 6.07) is 6.28. The van der Waals surface area contributed by atoms with Crippen LogP contribution in [-0.2, 0) is 9.53 Å². The van der Waals surface area contributed by atoms with E-state index in [2.05, 4.69) is 9.88 Å². The molecule has 1 saturated carbocycles. The number of thioether (sulfide) groups is 1. The molecule has 2 atom stereocenters. The van der Waals surface area contributed by atoms with Gasteiger partial charge in [0.05, 0.1) is 36.2 Å². The number of hydrogen-bond donors (Lipinski definition) is 0. The van der Waals surface area contributed by atoms with E-state index < -0.39 is 0 Å². The van der Waals surface area contributed by atoms with Crippen LogP contribution in [0.3, 0.4) is 0 Å². The van der Waals surface area contributed by atoms with Gasteiger partial charge in [-0.15, -0.1) is 0 Å². The van der Waals surface area contributed by atoms with Crippen molar-refractivity contribution in [3.63, 3.8) is 0 Å². The molecule has 1 aliphatic carbocycles. The molecule has 4 rings (SSSR count). The first-order valence-corrected chi connectivity index (χ1v) is 9.27. The van der Waals surface area contributed by atoms with E-state index in [1.807, 2.05) is 35.0 Å². The first kappa shape index (κ1) is 15.0. The second-order valence-electron chi connectivity index (χ2n) is 6.17. The van der Waals surface area contributed by atoms with Gasteiger partial charge in [0.1, 0.15) is 0 Å². The summed E-state index contributed by atoms with van der Waals surface area (Å²) in [4.78, 5) is 19.2. The Morgan fingerprint density at radius 2 is 2.26 bits per heavy atom. The Hall–Kier alpha value is -1.53. The highest BCUT2D eigenvalue weighted by molar-refractivity contribution is 7.99. The standard InChI is InChI=1S/C17H21N3O2S/c21-16(20-9-10-22-15-7-2-1-6-14(15)20)12-23-17-18-11-13-5-3-4-8-19(13)17/h3-5,8,11,14-15H,1-2,6-7,9-10,12H2/t14-,15-/m1/s1. The van der Waals surface area contributed by atoms with E-state index in [9.17, 15) is 4.79 Å². The molecule has 0 spiro atoms. The quantitative estimate of drug-likeness (QED) is 0.811. The number of imidazole rings is 1. The zero-order valence-electron chi connectivity index (χ0n) is 13.1. The van der Waals surface area contributed by atoms with E-state index in [0.717, 1.165) is 30.1 Å². The molecule has 0 radical (unpaired) electrons. The second-order valence-corrected chi connectivity index (χ2v) is 7.12. The molecule has 2 fully saturated rings. The summed E-state index contributed by atoms with van der Waals surface area (Å²) in [5.74, 6) is 0.653. The number of fused-ring (bicyclic) bond motifs is 2. The fourth-order valence-corrected chi connectivity index (χ4v) is 4.49. The Kier molecular flexibility index (Phi) is 4.27. The van der Waals surface area contributed by atoms with E-state index in [-0.39, 0.29) is 18.1 Å². The number of carbonyl (C=O) groups is 1. The number of rotatable bonds is 3. The lowest BCUT2D eigenvalue weighted by Gasteiger charge is -2.43. The Balaban J connectivity index is 1.43. The Morgan fingerprint density at radius 1 is 1.35 bits per heavy atom. The Labute approximate surface area is 140 Å². The van der Waals surface area contributed by atoms with Gasteiger partial charge in [-0.3, -0.25) is 9.20 Å². The molecular weight excluding hydrogens is 310 g/mol. The Bertz CT molecular complexity index is 700. The molecule has 122 valence electrons. The van der Waals surface area contributed by atoms with E-state index >= 15 is 0 Å². The molecule has 0 unspecified atom stereocenters. The lowest BCUT2D eigenvalue weighted by Crippen LogP contribution is -2.55. The average Bonchev–Trinajstić information content (AvgIpc) is 3.02.